The molecule has 2 heterocycles. The summed E-state index contributed by atoms with van der Waals surface area (Å²) < 4.78 is 5.84. The Morgan fingerprint density at radius 3 is 2.72 bits per heavy atom. The van der Waals surface area contributed by atoms with Gasteiger partial charge in [-0.25, -0.2) is 0 Å². The summed E-state index contributed by atoms with van der Waals surface area (Å²) >= 11 is 2.06. The van der Waals surface area contributed by atoms with Gasteiger partial charge in [0.15, 0.2) is 5.96 Å². The van der Waals surface area contributed by atoms with Crippen LogP contribution in [0.4, 0.5) is 0 Å². The molecule has 0 spiro atoms. The molecule has 0 aliphatic carbocycles. The minimum atomic E-state index is 0.251. The first-order valence-corrected chi connectivity index (χ1v) is 10.6. The second-order valence-electron chi connectivity index (χ2n) is 6.84. The standard InChI is InChI=1S/C20H31N3OS/c1-3-21-19(22-16-20(25-4-2)10-13-24-14-11-20)23-12-9-17-7-5-6-8-18(17)15-23/h5-8H,3-4,9-16H2,1-2H3,(H,21,22). The molecule has 0 bridgehead atoms. The minimum absolute atomic E-state index is 0.251. The number of nitrogens with zero attached hydrogens (tertiary/aromatic N) is 2. The molecular weight excluding hydrogens is 330 g/mol. The molecule has 5 heteroatoms. The summed E-state index contributed by atoms with van der Waals surface area (Å²) in [4.78, 5) is 7.49. The summed E-state index contributed by atoms with van der Waals surface area (Å²) in [5.74, 6) is 2.21. The van der Waals surface area contributed by atoms with Crippen LogP contribution < -0.4 is 5.32 Å². The van der Waals surface area contributed by atoms with E-state index in [0.29, 0.717) is 0 Å². The van der Waals surface area contributed by atoms with E-state index in [1.165, 1.54) is 11.1 Å². The molecule has 1 saturated heterocycles. The maximum Gasteiger partial charge on any atom is 0.194 e. The zero-order valence-electron chi connectivity index (χ0n) is 15.6. The van der Waals surface area contributed by atoms with Crippen molar-refractivity contribution in [2.45, 2.75) is 44.4 Å². The summed E-state index contributed by atoms with van der Waals surface area (Å²) in [7, 11) is 0. The summed E-state index contributed by atoms with van der Waals surface area (Å²) in [5, 5.41) is 3.52. The van der Waals surface area contributed by atoms with Crippen LogP contribution in [0.15, 0.2) is 29.3 Å². The molecule has 3 rings (SSSR count). The van der Waals surface area contributed by atoms with Gasteiger partial charge in [-0.05, 0) is 43.1 Å². The van der Waals surface area contributed by atoms with Crippen molar-refractivity contribution in [2.75, 3.05) is 38.6 Å². The van der Waals surface area contributed by atoms with Crippen molar-refractivity contribution in [3.8, 4) is 0 Å². The van der Waals surface area contributed by atoms with E-state index in [9.17, 15) is 0 Å². The lowest BCUT2D eigenvalue weighted by molar-refractivity contribution is 0.0792. The third kappa shape index (κ3) is 4.70. The van der Waals surface area contributed by atoms with Crippen LogP contribution in [0.3, 0.4) is 0 Å². The Bertz CT molecular complexity index is 579. The molecule has 25 heavy (non-hydrogen) atoms. The van der Waals surface area contributed by atoms with Gasteiger partial charge in [-0.15, -0.1) is 0 Å². The summed E-state index contributed by atoms with van der Waals surface area (Å²) in [6, 6.07) is 8.79. The van der Waals surface area contributed by atoms with Gasteiger partial charge in [-0.3, -0.25) is 4.99 Å². The van der Waals surface area contributed by atoms with Gasteiger partial charge in [-0.2, -0.15) is 11.8 Å². The van der Waals surface area contributed by atoms with Crippen LogP contribution in [0.1, 0.15) is 37.8 Å². The highest BCUT2D eigenvalue weighted by molar-refractivity contribution is 8.00. The lowest BCUT2D eigenvalue weighted by atomic mass is 9.99. The van der Waals surface area contributed by atoms with E-state index in [0.717, 1.165) is 70.4 Å². The monoisotopic (exact) mass is 361 g/mol. The Hall–Kier alpha value is -1.20. The van der Waals surface area contributed by atoms with E-state index >= 15 is 0 Å². The van der Waals surface area contributed by atoms with E-state index in [1.807, 2.05) is 0 Å². The third-order valence-electron chi connectivity index (χ3n) is 5.14. The molecule has 2 aliphatic heterocycles. The number of thioether (sulfide) groups is 1. The Kier molecular flexibility index (Phi) is 6.65. The fourth-order valence-electron chi connectivity index (χ4n) is 3.72. The van der Waals surface area contributed by atoms with E-state index in [4.69, 9.17) is 9.73 Å². The van der Waals surface area contributed by atoms with E-state index in [2.05, 4.69) is 60.1 Å². The Balaban J connectivity index is 1.73. The SMILES string of the molecule is CCNC(=NCC1(SCC)CCOCC1)N1CCc2ccccc2C1. The molecule has 1 aromatic carbocycles. The first-order chi connectivity index (χ1) is 12.3. The second-order valence-corrected chi connectivity index (χ2v) is 8.57. The highest BCUT2D eigenvalue weighted by Crippen LogP contribution is 2.35. The molecule has 1 fully saturated rings. The van der Waals surface area contributed by atoms with Crippen LogP contribution in [-0.2, 0) is 17.7 Å². The number of hydrogen-bond acceptors (Lipinski definition) is 3. The van der Waals surface area contributed by atoms with Crippen LogP contribution in [0.5, 0.6) is 0 Å². The summed E-state index contributed by atoms with van der Waals surface area (Å²) in [6.07, 6.45) is 3.32. The number of ether oxygens (including phenoxy) is 1. The average Bonchev–Trinajstić information content (AvgIpc) is 2.66. The molecule has 0 aromatic heterocycles. The number of benzene rings is 1. The van der Waals surface area contributed by atoms with Crippen LogP contribution >= 0.6 is 11.8 Å². The number of rotatable bonds is 5. The largest absolute Gasteiger partial charge is 0.381 e. The molecule has 0 unspecified atom stereocenters. The number of fused-ring (bicyclic) bond motifs is 1. The van der Waals surface area contributed by atoms with Gasteiger partial charge in [0.2, 0.25) is 0 Å². The van der Waals surface area contributed by atoms with Gasteiger partial charge < -0.3 is 15.0 Å². The second kappa shape index (κ2) is 8.95. The molecular formula is C20H31N3OS. The molecule has 0 atom stereocenters. The maximum absolute atomic E-state index is 5.59. The van der Waals surface area contributed by atoms with Gasteiger partial charge in [0, 0.05) is 37.6 Å². The molecule has 0 amide bonds. The van der Waals surface area contributed by atoms with Crippen LogP contribution in [0.2, 0.25) is 0 Å². The van der Waals surface area contributed by atoms with Crippen molar-refractivity contribution in [3.63, 3.8) is 0 Å². The zero-order valence-corrected chi connectivity index (χ0v) is 16.4. The number of aliphatic imine (C=N–C) groups is 1. The normalized spacial score (nSPS) is 20.2. The Labute approximate surface area is 156 Å². The third-order valence-corrected chi connectivity index (χ3v) is 6.58. The quantitative estimate of drug-likeness (QED) is 0.645. The predicted molar refractivity (Wildman–Crippen MR) is 107 cm³/mol. The van der Waals surface area contributed by atoms with Gasteiger partial charge in [0.25, 0.3) is 0 Å². The fourth-order valence-corrected chi connectivity index (χ4v) is 4.94. The molecule has 0 radical (unpaired) electrons. The predicted octanol–water partition coefficient (Wildman–Crippen LogP) is 3.31. The van der Waals surface area contributed by atoms with Crippen molar-refractivity contribution >= 4 is 17.7 Å². The lowest BCUT2D eigenvalue weighted by Gasteiger charge is -2.36. The fraction of sp³-hybridized carbons (Fsp3) is 0.650. The van der Waals surface area contributed by atoms with Crippen LogP contribution in [-0.4, -0.2) is 54.2 Å². The molecule has 1 aromatic rings. The van der Waals surface area contributed by atoms with Crippen LogP contribution in [0.25, 0.3) is 0 Å². The Morgan fingerprint density at radius 2 is 2.00 bits per heavy atom. The summed E-state index contributed by atoms with van der Waals surface area (Å²) in [5.41, 5.74) is 2.92. The highest BCUT2D eigenvalue weighted by atomic mass is 32.2. The van der Waals surface area contributed by atoms with Crippen molar-refractivity contribution in [2.24, 2.45) is 4.99 Å². The molecule has 138 valence electrons. The molecule has 4 nitrogen and oxygen atoms in total. The van der Waals surface area contributed by atoms with Crippen molar-refractivity contribution < 1.29 is 4.74 Å². The summed E-state index contributed by atoms with van der Waals surface area (Å²) in [6.45, 7) is 9.94. The average molecular weight is 362 g/mol. The van der Waals surface area contributed by atoms with Gasteiger partial charge >= 0.3 is 0 Å². The topological polar surface area (TPSA) is 36.9 Å². The van der Waals surface area contributed by atoms with E-state index < -0.39 is 0 Å². The van der Waals surface area contributed by atoms with Gasteiger partial charge in [-0.1, -0.05) is 31.2 Å². The van der Waals surface area contributed by atoms with E-state index in [-0.39, 0.29) is 4.75 Å². The van der Waals surface area contributed by atoms with Crippen molar-refractivity contribution in [3.05, 3.63) is 35.4 Å². The van der Waals surface area contributed by atoms with Gasteiger partial charge in [0.05, 0.1) is 6.54 Å². The molecule has 2 aliphatic rings. The number of guanidine groups is 1. The first-order valence-electron chi connectivity index (χ1n) is 9.58. The van der Waals surface area contributed by atoms with Crippen LogP contribution in [0, 0.1) is 0 Å². The zero-order chi connectivity index (χ0) is 17.5. The number of nitrogens with one attached hydrogen (secondary N) is 1. The molecule has 0 saturated carbocycles. The molecule has 1 N–H and O–H groups in total. The smallest absolute Gasteiger partial charge is 0.194 e. The Morgan fingerprint density at radius 1 is 1.24 bits per heavy atom. The first kappa shape index (κ1) is 18.6. The maximum atomic E-state index is 5.59. The van der Waals surface area contributed by atoms with Crippen molar-refractivity contribution in [1.82, 2.24) is 10.2 Å². The van der Waals surface area contributed by atoms with Crippen molar-refractivity contribution in [1.29, 1.82) is 0 Å². The number of hydrogen-bond donors (Lipinski definition) is 1. The highest BCUT2D eigenvalue weighted by Gasteiger charge is 2.33. The van der Waals surface area contributed by atoms with E-state index in [1.54, 1.807) is 0 Å². The lowest BCUT2D eigenvalue weighted by Crippen LogP contribution is -2.45. The van der Waals surface area contributed by atoms with Gasteiger partial charge in [0.1, 0.15) is 0 Å². The minimum Gasteiger partial charge on any atom is -0.381 e.